The standard InChI is InChI=1S/C15H16BrClN2OS/c16-11-7-10-1-2-13(19-14(10)12(17)8-11)18-9-15(20)3-5-21-6-4-15/h1-2,7-8,20H,3-6,9H2,(H,18,19). The van der Waals surface area contributed by atoms with E-state index in [-0.39, 0.29) is 0 Å². The van der Waals surface area contributed by atoms with Crippen molar-refractivity contribution in [2.24, 2.45) is 0 Å². The van der Waals surface area contributed by atoms with Crippen molar-refractivity contribution in [3.63, 3.8) is 0 Å². The number of nitrogens with zero attached hydrogens (tertiary/aromatic N) is 1. The summed E-state index contributed by atoms with van der Waals surface area (Å²) in [6, 6.07) is 7.74. The monoisotopic (exact) mass is 386 g/mol. The van der Waals surface area contributed by atoms with Crippen molar-refractivity contribution in [1.82, 2.24) is 4.98 Å². The van der Waals surface area contributed by atoms with Gasteiger partial charge >= 0.3 is 0 Å². The second kappa shape index (κ2) is 6.32. The molecular formula is C15H16BrClN2OS. The van der Waals surface area contributed by atoms with E-state index < -0.39 is 5.60 Å². The Hall–Kier alpha value is -0.490. The topological polar surface area (TPSA) is 45.1 Å². The Morgan fingerprint density at radius 2 is 2.10 bits per heavy atom. The number of pyridine rings is 1. The quantitative estimate of drug-likeness (QED) is 0.823. The zero-order valence-corrected chi connectivity index (χ0v) is 14.6. The van der Waals surface area contributed by atoms with Crippen LogP contribution in [-0.4, -0.2) is 33.7 Å². The van der Waals surface area contributed by atoms with Gasteiger partial charge < -0.3 is 10.4 Å². The third kappa shape index (κ3) is 3.65. The van der Waals surface area contributed by atoms with E-state index in [4.69, 9.17) is 11.6 Å². The molecule has 0 aliphatic carbocycles. The molecule has 1 aromatic heterocycles. The van der Waals surface area contributed by atoms with Crippen LogP contribution in [0, 0.1) is 0 Å². The first-order valence-corrected chi connectivity index (χ1v) is 9.18. The summed E-state index contributed by atoms with van der Waals surface area (Å²) in [4.78, 5) is 4.55. The van der Waals surface area contributed by atoms with E-state index in [9.17, 15) is 5.11 Å². The second-order valence-electron chi connectivity index (χ2n) is 5.35. The van der Waals surface area contributed by atoms with E-state index in [0.717, 1.165) is 45.5 Å². The summed E-state index contributed by atoms with van der Waals surface area (Å²) in [6.07, 6.45) is 1.65. The molecule has 3 nitrogen and oxygen atoms in total. The third-order valence-corrected chi connectivity index (χ3v) is 5.46. The fraction of sp³-hybridized carbons (Fsp3) is 0.400. The number of halogens is 2. The smallest absolute Gasteiger partial charge is 0.126 e. The van der Waals surface area contributed by atoms with Gasteiger partial charge in [-0.2, -0.15) is 11.8 Å². The van der Waals surface area contributed by atoms with Crippen molar-refractivity contribution in [2.45, 2.75) is 18.4 Å². The Kier molecular flexibility index (Phi) is 4.64. The lowest BCUT2D eigenvalue weighted by molar-refractivity contribution is 0.0453. The first kappa shape index (κ1) is 15.4. The van der Waals surface area contributed by atoms with Crippen molar-refractivity contribution in [1.29, 1.82) is 0 Å². The summed E-state index contributed by atoms with van der Waals surface area (Å²) in [5.74, 6) is 2.78. The molecule has 0 saturated carbocycles. The van der Waals surface area contributed by atoms with E-state index in [2.05, 4.69) is 26.2 Å². The van der Waals surface area contributed by atoms with Crippen molar-refractivity contribution in [2.75, 3.05) is 23.4 Å². The molecule has 21 heavy (non-hydrogen) atoms. The van der Waals surface area contributed by atoms with E-state index in [1.165, 1.54) is 0 Å². The highest BCUT2D eigenvalue weighted by Gasteiger charge is 2.29. The van der Waals surface area contributed by atoms with E-state index in [1.54, 1.807) is 0 Å². The summed E-state index contributed by atoms with van der Waals surface area (Å²) in [7, 11) is 0. The maximum absolute atomic E-state index is 10.5. The van der Waals surface area contributed by atoms with Crippen LogP contribution in [0.15, 0.2) is 28.7 Å². The minimum absolute atomic E-state index is 0.528. The van der Waals surface area contributed by atoms with Crippen LogP contribution in [0.3, 0.4) is 0 Å². The number of rotatable bonds is 3. The van der Waals surface area contributed by atoms with Gasteiger partial charge in [-0.3, -0.25) is 0 Å². The fourth-order valence-electron chi connectivity index (χ4n) is 2.44. The van der Waals surface area contributed by atoms with Crippen LogP contribution in [0.4, 0.5) is 5.82 Å². The molecule has 1 aromatic carbocycles. The van der Waals surface area contributed by atoms with E-state index in [1.807, 2.05) is 36.0 Å². The maximum atomic E-state index is 10.5. The van der Waals surface area contributed by atoms with Crippen LogP contribution in [0.2, 0.25) is 5.02 Å². The molecule has 3 rings (SSSR count). The average molecular weight is 388 g/mol. The molecule has 1 aliphatic heterocycles. The zero-order chi connectivity index (χ0) is 14.9. The summed E-state index contributed by atoms with van der Waals surface area (Å²) in [5, 5.41) is 15.4. The van der Waals surface area contributed by atoms with Crippen LogP contribution in [0.5, 0.6) is 0 Å². The summed E-state index contributed by atoms with van der Waals surface area (Å²) in [5.41, 5.74) is 0.154. The number of aromatic nitrogens is 1. The molecule has 1 fully saturated rings. The molecule has 0 radical (unpaired) electrons. The highest BCUT2D eigenvalue weighted by Crippen LogP contribution is 2.29. The number of hydrogen-bond acceptors (Lipinski definition) is 4. The lowest BCUT2D eigenvalue weighted by Gasteiger charge is -2.32. The van der Waals surface area contributed by atoms with Gasteiger partial charge in [0.25, 0.3) is 0 Å². The third-order valence-electron chi connectivity index (χ3n) is 3.73. The largest absolute Gasteiger partial charge is 0.388 e. The van der Waals surface area contributed by atoms with Crippen molar-refractivity contribution >= 4 is 56.0 Å². The fourth-order valence-corrected chi connectivity index (χ4v) is 4.57. The highest BCUT2D eigenvalue weighted by atomic mass is 79.9. The minimum atomic E-state index is -0.620. The van der Waals surface area contributed by atoms with Gasteiger partial charge in [0.1, 0.15) is 5.82 Å². The molecule has 2 N–H and O–H groups in total. The number of anilines is 1. The normalized spacial score (nSPS) is 17.9. The first-order valence-electron chi connectivity index (χ1n) is 6.86. The average Bonchev–Trinajstić information content (AvgIpc) is 2.46. The molecule has 0 bridgehead atoms. The lowest BCUT2D eigenvalue weighted by Crippen LogP contribution is -2.40. The van der Waals surface area contributed by atoms with Crippen molar-refractivity contribution in [3.05, 3.63) is 33.8 Å². The molecule has 2 aromatic rings. The second-order valence-corrected chi connectivity index (χ2v) is 7.89. The molecule has 112 valence electrons. The van der Waals surface area contributed by atoms with Crippen LogP contribution >= 0.6 is 39.3 Å². The Balaban J connectivity index is 1.78. The predicted molar refractivity (Wildman–Crippen MR) is 94.5 cm³/mol. The van der Waals surface area contributed by atoms with Crippen LogP contribution in [0.25, 0.3) is 10.9 Å². The molecule has 2 heterocycles. The maximum Gasteiger partial charge on any atom is 0.126 e. The van der Waals surface area contributed by atoms with Crippen LogP contribution < -0.4 is 5.32 Å². The van der Waals surface area contributed by atoms with Crippen molar-refractivity contribution in [3.8, 4) is 0 Å². The van der Waals surface area contributed by atoms with Gasteiger partial charge in [0.05, 0.1) is 16.1 Å². The summed E-state index contributed by atoms with van der Waals surface area (Å²) < 4.78 is 0.941. The van der Waals surface area contributed by atoms with Crippen molar-refractivity contribution < 1.29 is 5.11 Å². The molecule has 6 heteroatoms. The van der Waals surface area contributed by atoms with Crippen LogP contribution in [0.1, 0.15) is 12.8 Å². The number of benzene rings is 1. The molecule has 0 atom stereocenters. The van der Waals surface area contributed by atoms with Gasteiger partial charge in [-0.15, -0.1) is 0 Å². The van der Waals surface area contributed by atoms with E-state index in [0.29, 0.717) is 11.6 Å². The molecular weight excluding hydrogens is 372 g/mol. The van der Waals surface area contributed by atoms with Gasteiger partial charge in [-0.1, -0.05) is 27.5 Å². The summed E-state index contributed by atoms with van der Waals surface area (Å²) in [6.45, 7) is 0.528. The number of fused-ring (bicyclic) bond motifs is 1. The molecule has 1 aliphatic rings. The van der Waals surface area contributed by atoms with Gasteiger partial charge in [-0.05, 0) is 48.6 Å². The Bertz CT molecular complexity index is 661. The summed E-state index contributed by atoms with van der Waals surface area (Å²) >= 11 is 11.6. The van der Waals surface area contributed by atoms with E-state index >= 15 is 0 Å². The van der Waals surface area contributed by atoms with Gasteiger partial charge in [0.2, 0.25) is 0 Å². The highest BCUT2D eigenvalue weighted by molar-refractivity contribution is 9.10. The Morgan fingerprint density at radius 3 is 2.86 bits per heavy atom. The molecule has 0 amide bonds. The number of thioether (sulfide) groups is 1. The Labute approximate surface area is 141 Å². The van der Waals surface area contributed by atoms with Gasteiger partial charge in [-0.25, -0.2) is 4.98 Å². The number of aliphatic hydroxyl groups is 1. The SMILES string of the molecule is OC1(CNc2ccc3cc(Br)cc(Cl)c3n2)CCSCC1. The van der Waals surface area contributed by atoms with Gasteiger partial charge in [0, 0.05) is 16.4 Å². The lowest BCUT2D eigenvalue weighted by atomic mass is 9.97. The molecule has 0 unspecified atom stereocenters. The van der Waals surface area contributed by atoms with Crippen LogP contribution in [-0.2, 0) is 0 Å². The molecule has 0 spiro atoms. The number of hydrogen-bond donors (Lipinski definition) is 2. The Morgan fingerprint density at radius 1 is 1.33 bits per heavy atom. The minimum Gasteiger partial charge on any atom is -0.388 e. The predicted octanol–water partition coefficient (Wildman–Crippen LogP) is 4.32. The first-order chi connectivity index (χ1) is 10.1. The molecule has 1 saturated heterocycles. The number of nitrogens with one attached hydrogen (secondary N) is 1. The zero-order valence-electron chi connectivity index (χ0n) is 11.4. The van der Waals surface area contributed by atoms with Gasteiger partial charge in [0.15, 0.2) is 0 Å².